The predicted octanol–water partition coefficient (Wildman–Crippen LogP) is 0.744. The Hall–Kier alpha value is -2.44. The van der Waals surface area contributed by atoms with Crippen LogP contribution in [0.5, 0.6) is 0 Å². The molecule has 106 valence electrons. The molecule has 0 aliphatic heterocycles. The Bertz CT molecular complexity index is 636. The maximum Gasteiger partial charge on any atom is 0.325 e. The Morgan fingerprint density at radius 3 is 2.85 bits per heavy atom. The summed E-state index contributed by atoms with van der Waals surface area (Å²) >= 11 is 0. The van der Waals surface area contributed by atoms with Crippen LogP contribution in [0.4, 0.5) is 0 Å². The lowest BCUT2D eigenvalue weighted by Crippen LogP contribution is -2.30. The molecule has 0 fully saturated rings. The fourth-order valence-corrected chi connectivity index (χ4v) is 1.81. The molecule has 0 saturated heterocycles. The van der Waals surface area contributed by atoms with E-state index in [1.807, 2.05) is 6.92 Å². The average Bonchev–Trinajstić information content (AvgIpc) is 2.87. The first-order valence-corrected chi connectivity index (χ1v) is 6.42. The molecule has 7 nitrogen and oxygen atoms in total. The van der Waals surface area contributed by atoms with Gasteiger partial charge in [-0.1, -0.05) is 5.21 Å². The molecule has 0 unspecified atom stereocenters. The molecule has 2 aromatic rings. The van der Waals surface area contributed by atoms with Crippen molar-refractivity contribution in [2.45, 2.75) is 20.4 Å². The molecule has 1 N–H and O–H groups in total. The van der Waals surface area contributed by atoms with E-state index in [0.29, 0.717) is 24.2 Å². The third kappa shape index (κ3) is 2.93. The first kappa shape index (κ1) is 14.0. The largest absolute Gasteiger partial charge is 0.465 e. The highest BCUT2D eigenvalue weighted by Crippen LogP contribution is 2.13. The average molecular weight is 276 g/mol. The summed E-state index contributed by atoms with van der Waals surface area (Å²) in [5.74, 6) is -0.801. The summed E-state index contributed by atoms with van der Waals surface area (Å²) in [7, 11) is 0. The second-order valence-corrected chi connectivity index (χ2v) is 4.10. The zero-order valence-corrected chi connectivity index (χ0v) is 11.4. The van der Waals surface area contributed by atoms with Crippen LogP contribution in [0.1, 0.15) is 24.2 Å². The van der Waals surface area contributed by atoms with Crippen LogP contribution in [0.3, 0.4) is 0 Å². The highest BCUT2D eigenvalue weighted by atomic mass is 16.5. The van der Waals surface area contributed by atoms with Crippen molar-refractivity contribution < 1.29 is 14.3 Å². The van der Waals surface area contributed by atoms with E-state index in [1.54, 1.807) is 29.8 Å². The molecule has 1 aromatic carbocycles. The maximum atomic E-state index is 11.9. The molecule has 2 rings (SSSR count). The van der Waals surface area contributed by atoms with Crippen molar-refractivity contribution in [2.24, 2.45) is 0 Å². The number of benzene rings is 1. The number of aromatic nitrogens is 3. The van der Waals surface area contributed by atoms with E-state index in [9.17, 15) is 9.59 Å². The predicted molar refractivity (Wildman–Crippen MR) is 72.2 cm³/mol. The first-order chi connectivity index (χ1) is 9.65. The molecule has 7 heteroatoms. The number of hydrogen-bond acceptors (Lipinski definition) is 5. The SMILES string of the molecule is CCOC(=O)CNC(=O)c1ccc2c(c1)nnn2CC. The molecule has 1 heterocycles. The van der Waals surface area contributed by atoms with Gasteiger partial charge in [0.25, 0.3) is 5.91 Å². The van der Waals surface area contributed by atoms with Crippen molar-refractivity contribution in [3.05, 3.63) is 23.8 Å². The van der Waals surface area contributed by atoms with E-state index in [-0.39, 0.29) is 12.5 Å². The third-order valence-electron chi connectivity index (χ3n) is 2.77. The van der Waals surface area contributed by atoms with Crippen LogP contribution >= 0.6 is 0 Å². The zero-order valence-electron chi connectivity index (χ0n) is 11.4. The Balaban J connectivity index is 2.09. The Kier molecular flexibility index (Phi) is 4.29. The number of nitrogens with zero attached hydrogens (tertiary/aromatic N) is 3. The number of esters is 1. The number of rotatable bonds is 5. The van der Waals surface area contributed by atoms with Crippen molar-refractivity contribution in [3.63, 3.8) is 0 Å². The second kappa shape index (κ2) is 6.14. The smallest absolute Gasteiger partial charge is 0.325 e. The Labute approximate surface area is 115 Å². The van der Waals surface area contributed by atoms with Crippen LogP contribution < -0.4 is 5.32 Å². The van der Waals surface area contributed by atoms with Crippen LogP contribution in [0.25, 0.3) is 11.0 Å². The molecule has 0 radical (unpaired) electrons. The number of fused-ring (bicyclic) bond motifs is 1. The molecule has 0 aliphatic rings. The van der Waals surface area contributed by atoms with Crippen molar-refractivity contribution in [1.82, 2.24) is 20.3 Å². The van der Waals surface area contributed by atoms with Gasteiger partial charge >= 0.3 is 5.97 Å². The van der Waals surface area contributed by atoms with Crippen LogP contribution in [0.15, 0.2) is 18.2 Å². The van der Waals surface area contributed by atoms with E-state index in [2.05, 4.69) is 15.6 Å². The summed E-state index contributed by atoms with van der Waals surface area (Å²) in [5, 5.41) is 10.5. The minimum Gasteiger partial charge on any atom is -0.465 e. The van der Waals surface area contributed by atoms with Crippen LogP contribution in [-0.2, 0) is 16.1 Å². The number of aryl methyl sites for hydroxylation is 1. The third-order valence-corrected chi connectivity index (χ3v) is 2.77. The van der Waals surface area contributed by atoms with E-state index < -0.39 is 5.97 Å². The first-order valence-electron chi connectivity index (χ1n) is 6.42. The fraction of sp³-hybridized carbons (Fsp3) is 0.385. The summed E-state index contributed by atoms with van der Waals surface area (Å²) in [6.45, 7) is 4.54. The van der Waals surface area contributed by atoms with Crippen molar-refractivity contribution >= 4 is 22.9 Å². The van der Waals surface area contributed by atoms with Gasteiger partial charge in [-0.25, -0.2) is 4.68 Å². The highest BCUT2D eigenvalue weighted by Gasteiger charge is 2.11. The summed E-state index contributed by atoms with van der Waals surface area (Å²) in [6.07, 6.45) is 0. The number of amides is 1. The molecule has 0 saturated carbocycles. The summed E-state index contributed by atoms with van der Waals surface area (Å²) in [4.78, 5) is 23.1. The lowest BCUT2D eigenvalue weighted by molar-refractivity contribution is -0.141. The van der Waals surface area contributed by atoms with E-state index >= 15 is 0 Å². The van der Waals surface area contributed by atoms with Crippen LogP contribution in [-0.4, -0.2) is 40.0 Å². The van der Waals surface area contributed by atoms with Gasteiger partial charge in [-0.2, -0.15) is 0 Å². The number of carbonyl (C=O) groups is 2. The normalized spacial score (nSPS) is 10.5. The van der Waals surface area contributed by atoms with Crippen molar-refractivity contribution in [3.8, 4) is 0 Å². The molecule has 0 spiro atoms. The number of carbonyl (C=O) groups excluding carboxylic acids is 2. The van der Waals surface area contributed by atoms with Gasteiger partial charge in [0, 0.05) is 12.1 Å². The van der Waals surface area contributed by atoms with Crippen LogP contribution in [0, 0.1) is 0 Å². The van der Waals surface area contributed by atoms with Gasteiger partial charge in [-0.15, -0.1) is 5.10 Å². The molecule has 0 atom stereocenters. The number of hydrogen-bond donors (Lipinski definition) is 1. The molecule has 0 bridgehead atoms. The van der Waals surface area contributed by atoms with Gasteiger partial charge in [0.2, 0.25) is 0 Å². The lowest BCUT2D eigenvalue weighted by atomic mass is 10.2. The molecular weight excluding hydrogens is 260 g/mol. The maximum absolute atomic E-state index is 11.9. The Morgan fingerprint density at radius 2 is 2.15 bits per heavy atom. The molecule has 1 amide bonds. The van der Waals surface area contributed by atoms with E-state index in [0.717, 1.165) is 5.52 Å². The van der Waals surface area contributed by atoms with Gasteiger partial charge in [-0.05, 0) is 32.0 Å². The van der Waals surface area contributed by atoms with Gasteiger partial charge < -0.3 is 10.1 Å². The summed E-state index contributed by atoms with van der Waals surface area (Å²) < 4.78 is 6.48. The molecule has 0 aliphatic carbocycles. The standard InChI is InChI=1S/C13H16N4O3/c1-3-17-11-6-5-9(7-10(11)15-16-17)13(19)14-8-12(18)20-4-2/h5-7H,3-4,8H2,1-2H3,(H,14,19). The van der Waals surface area contributed by atoms with Crippen molar-refractivity contribution in [1.29, 1.82) is 0 Å². The number of nitrogens with one attached hydrogen (secondary N) is 1. The molecular formula is C13H16N4O3. The topological polar surface area (TPSA) is 86.1 Å². The van der Waals surface area contributed by atoms with E-state index in [4.69, 9.17) is 4.74 Å². The van der Waals surface area contributed by atoms with Crippen LogP contribution in [0.2, 0.25) is 0 Å². The monoisotopic (exact) mass is 276 g/mol. The fourth-order valence-electron chi connectivity index (χ4n) is 1.81. The van der Waals surface area contributed by atoms with Crippen molar-refractivity contribution in [2.75, 3.05) is 13.2 Å². The zero-order chi connectivity index (χ0) is 14.5. The van der Waals surface area contributed by atoms with Gasteiger partial charge in [0.05, 0.1) is 12.1 Å². The molecule has 20 heavy (non-hydrogen) atoms. The van der Waals surface area contributed by atoms with Gasteiger partial charge in [0.15, 0.2) is 0 Å². The second-order valence-electron chi connectivity index (χ2n) is 4.10. The summed E-state index contributed by atoms with van der Waals surface area (Å²) in [5.41, 5.74) is 1.95. The highest BCUT2D eigenvalue weighted by molar-refractivity contribution is 5.98. The quantitative estimate of drug-likeness (QED) is 0.814. The lowest BCUT2D eigenvalue weighted by Gasteiger charge is -2.05. The van der Waals surface area contributed by atoms with Gasteiger partial charge in [0.1, 0.15) is 12.1 Å². The summed E-state index contributed by atoms with van der Waals surface area (Å²) in [6, 6.07) is 5.12. The Morgan fingerprint density at radius 1 is 1.35 bits per heavy atom. The van der Waals surface area contributed by atoms with Gasteiger partial charge in [-0.3, -0.25) is 9.59 Å². The molecule has 1 aromatic heterocycles. The minimum absolute atomic E-state index is 0.146. The van der Waals surface area contributed by atoms with E-state index in [1.165, 1.54) is 0 Å². The number of ether oxygens (including phenoxy) is 1. The minimum atomic E-state index is -0.459.